The molecule has 0 aromatic heterocycles. The van der Waals surface area contributed by atoms with E-state index in [9.17, 15) is 4.79 Å². The van der Waals surface area contributed by atoms with Gasteiger partial charge in [-0.2, -0.15) is 0 Å². The maximum atomic E-state index is 11.8. The fourth-order valence-electron chi connectivity index (χ4n) is 1.35. The summed E-state index contributed by atoms with van der Waals surface area (Å²) in [5.41, 5.74) is 0.347. The van der Waals surface area contributed by atoms with Crippen molar-refractivity contribution in [2.75, 3.05) is 20.8 Å². The van der Waals surface area contributed by atoms with Crippen molar-refractivity contribution in [1.29, 1.82) is 0 Å². The van der Waals surface area contributed by atoms with E-state index in [-0.39, 0.29) is 6.10 Å². The Morgan fingerprint density at radius 3 is 2.71 bits per heavy atom. The molecule has 1 aromatic rings. The molecule has 4 nitrogen and oxygen atoms in total. The molecule has 0 spiro atoms. The van der Waals surface area contributed by atoms with Gasteiger partial charge in [-0.05, 0) is 25.1 Å². The molecule has 0 saturated heterocycles. The van der Waals surface area contributed by atoms with Crippen LogP contribution in [-0.2, 0) is 9.47 Å². The Morgan fingerprint density at radius 2 is 2.12 bits per heavy atom. The minimum Gasteiger partial charge on any atom is -0.496 e. The molecule has 0 saturated carbocycles. The van der Waals surface area contributed by atoms with Gasteiger partial charge in [-0.3, -0.25) is 0 Å². The smallest absolute Gasteiger partial charge is 0.342 e. The maximum Gasteiger partial charge on any atom is 0.342 e. The largest absolute Gasteiger partial charge is 0.496 e. The minimum atomic E-state index is -0.455. The van der Waals surface area contributed by atoms with E-state index in [1.54, 1.807) is 32.2 Å². The van der Waals surface area contributed by atoms with Crippen LogP contribution in [0, 0.1) is 0 Å². The lowest BCUT2D eigenvalue weighted by Gasteiger charge is -2.13. The van der Waals surface area contributed by atoms with Gasteiger partial charge in [0.25, 0.3) is 0 Å². The van der Waals surface area contributed by atoms with Crippen molar-refractivity contribution in [3.8, 4) is 5.75 Å². The molecular formula is C12H15ClO4. The van der Waals surface area contributed by atoms with E-state index >= 15 is 0 Å². The number of rotatable bonds is 5. The average molecular weight is 259 g/mol. The average Bonchev–Trinajstić information content (AvgIpc) is 2.28. The third kappa shape index (κ3) is 3.91. The van der Waals surface area contributed by atoms with Crippen molar-refractivity contribution in [3.63, 3.8) is 0 Å². The van der Waals surface area contributed by atoms with Crippen molar-refractivity contribution in [2.24, 2.45) is 0 Å². The van der Waals surface area contributed by atoms with Crippen LogP contribution in [0.1, 0.15) is 17.3 Å². The molecule has 0 N–H and O–H groups in total. The second-order valence-corrected chi connectivity index (χ2v) is 3.95. The van der Waals surface area contributed by atoms with E-state index in [4.69, 9.17) is 25.8 Å². The quantitative estimate of drug-likeness (QED) is 0.762. The van der Waals surface area contributed by atoms with Crippen LogP contribution in [0.4, 0.5) is 0 Å². The number of esters is 1. The van der Waals surface area contributed by atoms with Crippen molar-refractivity contribution < 1.29 is 19.0 Å². The Morgan fingerprint density at radius 1 is 1.41 bits per heavy atom. The van der Waals surface area contributed by atoms with Gasteiger partial charge in [0.15, 0.2) is 0 Å². The molecular weight excluding hydrogens is 244 g/mol. The summed E-state index contributed by atoms with van der Waals surface area (Å²) < 4.78 is 15.1. The number of benzene rings is 1. The highest BCUT2D eigenvalue weighted by molar-refractivity contribution is 6.30. The Bertz CT molecular complexity index is 392. The van der Waals surface area contributed by atoms with Crippen molar-refractivity contribution in [2.45, 2.75) is 13.0 Å². The monoisotopic (exact) mass is 258 g/mol. The molecule has 0 aliphatic carbocycles. The van der Waals surface area contributed by atoms with Gasteiger partial charge in [-0.25, -0.2) is 4.79 Å². The Balaban J connectivity index is 2.81. The van der Waals surface area contributed by atoms with E-state index in [0.29, 0.717) is 22.9 Å². The highest BCUT2D eigenvalue weighted by Crippen LogP contribution is 2.24. The number of ether oxygens (including phenoxy) is 3. The summed E-state index contributed by atoms with van der Waals surface area (Å²) in [5.74, 6) is -0.0600. The van der Waals surface area contributed by atoms with Crippen LogP contribution in [0.3, 0.4) is 0 Å². The Kier molecular flexibility index (Phi) is 5.25. The van der Waals surface area contributed by atoms with Crippen LogP contribution >= 0.6 is 11.6 Å². The summed E-state index contributed by atoms with van der Waals surface area (Å²) in [4.78, 5) is 11.8. The zero-order valence-corrected chi connectivity index (χ0v) is 10.8. The number of hydrogen-bond donors (Lipinski definition) is 0. The number of hydrogen-bond acceptors (Lipinski definition) is 4. The molecule has 0 amide bonds. The molecule has 1 aromatic carbocycles. The van der Waals surface area contributed by atoms with E-state index in [1.165, 1.54) is 7.11 Å². The highest BCUT2D eigenvalue weighted by Gasteiger charge is 2.16. The van der Waals surface area contributed by atoms with Gasteiger partial charge in [-0.1, -0.05) is 11.6 Å². The topological polar surface area (TPSA) is 44.8 Å². The van der Waals surface area contributed by atoms with Gasteiger partial charge in [0, 0.05) is 12.1 Å². The van der Waals surface area contributed by atoms with Gasteiger partial charge < -0.3 is 14.2 Å². The number of carbonyl (C=O) groups is 1. The number of carbonyl (C=O) groups excluding carboxylic acids is 1. The summed E-state index contributed by atoms with van der Waals surface area (Å²) in [6.07, 6.45) is -0.312. The molecule has 0 heterocycles. The normalized spacial score (nSPS) is 12.0. The maximum absolute atomic E-state index is 11.8. The Labute approximate surface area is 105 Å². The molecule has 0 bridgehead atoms. The van der Waals surface area contributed by atoms with Crippen LogP contribution in [0.2, 0.25) is 5.02 Å². The van der Waals surface area contributed by atoms with Gasteiger partial charge in [0.05, 0.1) is 13.7 Å². The fraction of sp³-hybridized carbons (Fsp3) is 0.417. The molecule has 1 rings (SSSR count). The first-order chi connectivity index (χ1) is 8.08. The van der Waals surface area contributed by atoms with Gasteiger partial charge in [0.2, 0.25) is 0 Å². The molecule has 5 heteroatoms. The summed E-state index contributed by atoms with van der Waals surface area (Å²) in [6.45, 7) is 2.10. The van der Waals surface area contributed by atoms with Crippen molar-refractivity contribution in [1.82, 2.24) is 0 Å². The standard InChI is InChI=1S/C12H15ClO4/c1-8(7-15-2)17-12(14)10-5-4-9(13)6-11(10)16-3/h4-6,8H,7H2,1-3H3/t8-/m0/s1. The molecule has 1 atom stereocenters. The van der Waals surface area contributed by atoms with E-state index in [1.807, 2.05) is 0 Å². The van der Waals surface area contributed by atoms with Gasteiger partial charge in [-0.15, -0.1) is 0 Å². The lowest BCUT2D eigenvalue weighted by atomic mass is 10.2. The van der Waals surface area contributed by atoms with Crippen molar-refractivity contribution in [3.05, 3.63) is 28.8 Å². The third-order valence-electron chi connectivity index (χ3n) is 2.09. The molecule has 94 valence electrons. The molecule has 17 heavy (non-hydrogen) atoms. The highest BCUT2D eigenvalue weighted by atomic mass is 35.5. The predicted octanol–water partition coefficient (Wildman–Crippen LogP) is 2.54. The van der Waals surface area contributed by atoms with Crippen LogP contribution < -0.4 is 4.74 Å². The minimum absolute atomic E-state index is 0.312. The SMILES string of the molecule is COC[C@H](C)OC(=O)c1ccc(Cl)cc1OC. The lowest BCUT2D eigenvalue weighted by Crippen LogP contribution is -2.20. The number of halogens is 1. The van der Waals surface area contributed by atoms with Crippen LogP contribution in [0.5, 0.6) is 5.75 Å². The van der Waals surface area contributed by atoms with Gasteiger partial charge in [0.1, 0.15) is 17.4 Å². The first-order valence-electron chi connectivity index (χ1n) is 5.12. The van der Waals surface area contributed by atoms with E-state index < -0.39 is 5.97 Å². The summed E-state index contributed by atoms with van der Waals surface area (Å²) >= 11 is 5.80. The number of methoxy groups -OCH3 is 2. The van der Waals surface area contributed by atoms with Crippen molar-refractivity contribution >= 4 is 17.6 Å². The third-order valence-corrected chi connectivity index (χ3v) is 2.33. The van der Waals surface area contributed by atoms with Crippen LogP contribution in [-0.4, -0.2) is 32.9 Å². The van der Waals surface area contributed by atoms with Crippen LogP contribution in [0.15, 0.2) is 18.2 Å². The fourth-order valence-corrected chi connectivity index (χ4v) is 1.51. The second kappa shape index (κ2) is 6.47. The molecule has 0 aliphatic heterocycles. The molecule has 0 fully saturated rings. The summed E-state index contributed by atoms with van der Waals surface area (Å²) in [5, 5.41) is 0.503. The predicted molar refractivity (Wildman–Crippen MR) is 64.8 cm³/mol. The molecule has 0 unspecified atom stereocenters. The zero-order valence-electron chi connectivity index (χ0n) is 10.0. The lowest BCUT2D eigenvalue weighted by molar-refractivity contribution is 0.0117. The zero-order chi connectivity index (χ0) is 12.8. The summed E-state index contributed by atoms with van der Waals surface area (Å²) in [6, 6.07) is 4.75. The Hall–Kier alpha value is -1.26. The first-order valence-corrected chi connectivity index (χ1v) is 5.49. The summed E-state index contributed by atoms with van der Waals surface area (Å²) in [7, 11) is 3.02. The van der Waals surface area contributed by atoms with E-state index in [0.717, 1.165) is 0 Å². The molecule has 0 radical (unpaired) electrons. The van der Waals surface area contributed by atoms with E-state index in [2.05, 4.69) is 0 Å². The molecule has 0 aliphatic rings. The van der Waals surface area contributed by atoms with Crippen LogP contribution in [0.25, 0.3) is 0 Å². The second-order valence-electron chi connectivity index (χ2n) is 3.52. The van der Waals surface area contributed by atoms with Gasteiger partial charge >= 0.3 is 5.97 Å². The first kappa shape index (κ1) is 13.8.